The van der Waals surface area contributed by atoms with Gasteiger partial charge < -0.3 is 5.11 Å². The average molecular weight is 215 g/mol. The van der Waals surface area contributed by atoms with E-state index >= 15 is 0 Å². The Hall–Kier alpha value is -1.03. The highest BCUT2D eigenvalue weighted by Gasteiger charge is 2.46. The summed E-state index contributed by atoms with van der Waals surface area (Å²) in [7, 11) is 1.76. The van der Waals surface area contributed by atoms with Crippen molar-refractivity contribution in [2.24, 2.45) is 13.0 Å². The van der Waals surface area contributed by atoms with Gasteiger partial charge in [-0.1, -0.05) is 11.6 Å². The third kappa shape index (κ3) is 1.30. The van der Waals surface area contributed by atoms with Gasteiger partial charge in [-0.25, -0.2) is 0 Å². The molecule has 5 heteroatoms. The highest BCUT2D eigenvalue weighted by molar-refractivity contribution is 6.30. The zero-order valence-electron chi connectivity index (χ0n) is 7.99. The number of nitrogens with zero attached hydrogens (tertiary/aromatic N) is 2. The maximum atomic E-state index is 10.7. The van der Waals surface area contributed by atoms with Gasteiger partial charge in [0.2, 0.25) is 0 Å². The summed E-state index contributed by atoms with van der Waals surface area (Å²) < 4.78 is 1.59. The van der Waals surface area contributed by atoms with E-state index in [9.17, 15) is 4.79 Å². The van der Waals surface area contributed by atoms with Crippen molar-refractivity contribution < 1.29 is 9.90 Å². The number of hydrogen-bond donors (Lipinski definition) is 1. The lowest BCUT2D eigenvalue weighted by molar-refractivity contribution is -0.138. The van der Waals surface area contributed by atoms with E-state index in [0.717, 1.165) is 11.3 Å². The van der Waals surface area contributed by atoms with Crippen LogP contribution in [-0.2, 0) is 11.8 Å². The number of carboxylic acids is 1. The van der Waals surface area contributed by atoms with Crippen LogP contribution in [0.15, 0.2) is 0 Å². The molecular formula is C9H11ClN2O2. The van der Waals surface area contributed by atoms with Crippen LogP contribution in [0.4, 0.5) is 0 Å². The van der Waals surface area contributed by atoms with Crippen molar-refractivity contribution in [1.29, 1.82) is 0 Å². The molecule has 1 N–H and O–H groups in total. The molecule has 1 fully saturated rings. The number of rotatable bonds is 2. The van der Waals surface area contributed by atoms with E-state index in [0.29, 0.717) is 11.6 Å². The van der Waals surface area contributed by atoms with Crippen molar-refractivity contribution in [3.63, 3.8) is 0 Å². The number of carbonyl (C=O) groups is 1. The predicted molar refractivity (Wildman–Crippen MR) is 51.4 cm³/mol. The molecule has 0 amide bonds. The van der Waals surface area contributed by atoms with Gasteiger partial charge in [0, 0.05) is 18.5 Å². The normalized spacial score (nSPS) is 25.1. The van der Waals surface area contributed by atoms with Crippen molar-refractivity contribution in [3.8, 4) is 0 Å². The van der Waals surface area contributed by atoms with Crippen LogP contribution in [0.2, 0.25) is 5.15 Å². The van der Waals surface area contributed by atoms with Gasteiger partial charge in [-0.15, -0.1) is 0 Å². The standard InChI is InChI=1S/C9H11ClN2O2/c1-4-7(8(10)12(2)11-4)5-3-6(5)9(13)14/h5-6H,3H2,1-2H3,(H,13,14). The lowest BCUT2D eigenvalue weighted by Crippen LogP contribution is -1.99. The minimum Gasteiger partial charge on any atom is -0.481 e. The van der Waals surface area contributed by atoms with Crippen LogP contribution in [0.1, 0.15) is 23.6 Å². The number of aliphatic carboxylic acids is 1. The van der Waals surface area contributed by atoms with Crippen LogP contribution < -0.4 is 0 Å². The van der Waals surface area contributed by atoms with Gasteiger partial charge in [0.1, 0.15) is 5.15 Å². The van der Waals surface area contributed by atoms with Gasteiger partial charge in [0.15, 0.2) is 0 Å². The second-order valence-corrected chi connectivity index (χ2v) is 4.06. The first-order valence-electron chi connectivity index (χ1n) is 4.44. The van der Waals surface area contributed by atoms with Gasteiger partial charge in [-0.3, -0.25) is 9.48 Å². The SMILES string of the molecule is Cc1nn(C)c(Cl)c1C1CC1C(=O)O. The monoisotopic (exact) mass is 214 g/mol. The summed E-state index contributed by atoms with van der Waals surface area (Å²) in [5.74, 6) is -0.946. The number of hydrogen-bond acceptors (Lipinski definition) is 2. The Morgan fingerprint density at radius 2 is 2.36 bits per heavy atom. The van der Waals surface area contributed by atoms with E-state index in [4.69, 9.17) is 16.7 Å². The fourth-order valence-corrected chi connectivity index (χ4v) is 2.17. The predicted octanol–water partition coefficient (Wildman–Crippen LogP) is 1.57. The van der Waals surface area contributed by atoms with Crippen LogP contribution in [0.25, 0.3) is 0 Å². The molecular weight excluding hydrogens is 204 g/mol. The smallest absolute Gasteiger partial charge is 0.307 e. The van der Waals surface area contributed by atoms with Crippen molar-refractivity contribution in [1.82, 2.24) is 9.78 Å². The molecule has 1 aromatic rings. The Morgan fingerprint density at radius 1 is 1.71 bits per heavy atom. The van der Waals surface area contributed by atoms with Crippen LogP contribution in [-0.4, -0.2) is 20.9 Å². The van der Waals surface area contributed by atoms with Crippen molar-refractivity contribution >= 4 is 17.6 Å². The largest absolute Gasteiger partial charge is 0.481 e. The second-order valence-electron chi connectivity index (χ2n) is 3.70. The van der Waals surface area contributed by atoms with E-state index in [1.54, 1.807) is 11.7 Å². The zero-order chi connectivity index (χ0) is 10.5. The molecule has 1 aromatic heterocycles. The molecule has 1 aliphatic rings. The van der Waals surface area contributed by atoms with E-state index in [1.165, 1.54) is 0 Å². The van der Waals surface area contributed by atoms with Gasteiger partial charge >= 0.3 is 5.97 Å². The van der Waals surface area contributed by atoms with Gasteiger partial charge in [-0.2, -0.15) is 5.10 Å². The quantitative estimate of drug-likeness (QED) is 0.813. The van der Waals surface area contributed by atoms with E-state index < -0.39 is 5.97 Å². The lowest BCUT2D eigenvalue weighted by Gasteiger charge is -1.96. The Kier molecular flexibility index (Phi) is 2.03. The lowest BCUT2D eigenvalue weighted by atomic mass is 10.1. The van der Waals surface area contributed by atoms with Crippen molar-refractivity contribution in [2.45, 2.75) is 19.3 Å². The second kappa shape index (κ2) is 2.98. The first-order valence-corrected chi connectivity index (χ1v) is 4.82. The summed E-state index contributed by atoms with van der Waals surface area (Å²) in [5, 5.41) is 13.5. The van der Waals surface area contributed by atoms with E-state index in [-0.39, 0.29) is 11.8 Å². The maximum Gasteiger partial charge on any atom is 0.307 e. The summed E-state index contributed by atoms with van der Waals surface area (Å²) in [5.41, 5.74) is 1.74. The number of carboxylic acid groups (broad SMARTS) is 1. The molecule has 1 heterocycles. The van der Waals surface area contributed by atoms with Crippen molar-refractivity contribution in [3.05, 3.63) is 16.4 Å². The minimum absolute atomic E-state index is 0.0636. The van der Waals surface area contributed by atoms with Crippen LogP contribution >= 0.6 is 11.6 Å². The molecule has 0 spiro atoms. The summed E-state index contributed by atoms with van der Waals surface area (Å²) in [6.45, 7) is 1.86. The fourth-order valence-electron chi connectivity index (χ4n) is 1.85. The highest BCUT2D eigenvalue weighted by atomic mass is 35.5. The van der Waals surface area contributed by atoms with E-state index in [1.807, 2.05) is 6.92 Å². The van der Waals surface area contributed by atoms with Gasteiger partial charge in [0.25, 0.3) is 0 Å². The zero-order valence-corrected chi connectivity index (χ0v) is 8.75. The Morgan fingerprint density at radius 3 is 2.71 bits per heavy atom. The fraction of sp³-hybridized carbons (Fsp3) is 0.556. The average Bonchev–Trinajstić information content (AvgIpc) is 2.79. The molecule has 0 aromatic carbocycles. The molecule has 2 atom stereocenters. The number of aryl methyl sites for hydroxylation is 2. The molecule has 14 heavy (non-hydrogen) atoms. The summed E-state index contributed by atoms with van der Waals surface area (Å²) in [6.07, 6.45) is 0.682. The van der Waals surface area contributed by atoms with Crippen LogP contribution in [0, 0.1) is 12.8 Å². The Bertz CT molecular complexity index is 400. The van der Waals surface area contributed by atoms with Crippen LogP contribution in [0.3, 0.4) is 0 Å². The molecule has 0 saturated heterocycles. The van der Waals surface area contributed by atoms with Crippen LogP contribution in [0.5, 0.6) is 0 Å². The van der Waals surface area contributed by atoms with Gasteiger partial charge in [-0.05, 0) is 13.3 Å². The molecule has 4 nitrogen and oxygen atoms in total. The summed E-state index contributed by atoms with van der Waals surface area (Å²) in [4.78, 5) is 10.7. The molecule has 1 aliphatic carbocycles. The number of halogens is 1. The highest BCUT2D eigenvalue weighted by Crippen LogP contribution is 2.50. The third-order valence-corrected chi connectivity index (χ3v) is 3.12. The molecule has 1 saturated carbocycles. The minimum atomic E-state index is -0.741. The van der Waals surface area contributed by atoms with E-state index in [2.05, 4.69) is 5.10 Å². The Balaban J connectivity index is 2.31. The summed E-state index contributed by atoms with van der Waals surface area (Å²) >= 11 is 6.03. The molecule has 0 aliphatic heterocycles. The number of aromatic nitrogens is 2. The molecule has 0 bridgehead atoms. The maximum absolute atomic E-state index is 10.7. The summed E-state index contributed by atoms with van der Waals surface area (Å²) in [6, 6.07) is 0. The molecule has 2 unspecified atom stereocenters. The Labute approximate surface area is 86.5 Å². The third-order valence-electron chi connectivity index (χ3n) is 2.67. The molecule has 76 valence electrons. The molecule has 0 radical (unpaired) electrons. The topological polar surface area (TPSA) is 55.1 Å². The first kappa shape index (κ1) is 9.52. The van der Waals surface area contributed by atoms with Crippen molar-refractivity contribution in [2.75, 3.05) is 0 Å². The molecule has 2 rings (SSSR count). The van der Waals surface area contributed by atoms with Gasteiger partial charge in [0.05, 0.1) is 11.6 Å². The first-order chi connectivity index (χ1) is 6.52.